The van der Waals surface area contributed by atoms with Crippen LogP contribution >= 0.6 is 0 Å². The second kappa shape index (κ2) is 10.6. The van der Waals surface area contributed by atoms with E-state index >= 15 is 0 Å². The summed E-state index contributed by atoms with van der Waals surface area (Å²) >= 11 is 0. The van der Waals surface area contributed by atoms with E-state index < -0.39 is 10.0 Å². The van der Waals surface area contributed by atoms with Gasteiger partial charge in [0.05, 0.1) is 24.2 Å². The molecule has 0 atom stereocenters. The standard InChI is InChI=1S/C23H24N2O5S/c1-18-5-2-3-7-22(18)30-16-14-24-23(26)13-10-19-8-11-21(12-9-19)31(27,28)25-17-20-6-4-15-29-20/h2-13,15,25H,14,16-17H2,1H3,(H,24,26)/b13-10+. The minimum atomic E-state index is -3.65. The number of ether oxygens (including phenoxy) is 1. The molecule has 7 nitrogen and oxygen atoms in total. The summed E-state index contributed by atoms with van der Waals surface area (Å²) in [4.78, 5) is 12.1. The molecule has 0 aliphatic carbocycles. The highest BCUT2D eigenvalue weighted by Crippen LogP contribution is 2.15. The Kier molecular flexibility index (Phi) is 7.64. The van der Waals surface area contributed by atoms with Gasteiger partial charge >= 0.3 is 0 Å². The van der Waals surface area contributed by atoms with Gasteiger partial charge in [0.25, 0.3) is 0 Å². The first-order valence-electron chi connectivity index (χ1n) is 9.70. The third kappa shape index (κ3) is 6.84. The average molecular weight is 441 g/mol. The van der Waals surface area contributed by atoms with Crippen LogP contribution in [-0.4, -0.2) is 27.5 Å². The monoisotopic (exact) mass is 440 g/mol. The molecule has 1 heterocycles. The van der Waals surface area contributed by atoms with Gasteiger partial charge in [-0.1, -0.05) is 30.3 Å². The third-order valence-corrected chi connectivity index (χ3v) is 5.80. The average Bonchev–Trinajstić information content (AvgIpc) is 3.29. The molecule has 1 amide bonds. The number of benzene rings is 2. The van der Waals surface area contributed by atoms with Crippen LogP contribution in [0, 0.1) is 6.92 Å². The van der Waals surface area contributed by atoms with Gasteiger partial charge in [-0.3, -0.25) is 4.79 Å². The van der Waals surface area contributed by atoms with Gasteiger partial charge < -0.3 is 14.5 Å². The maximum atomic E-state index is 12.3. The molecule has 31 heavy (non-hydrogen) atoms. The first-order valence-corrected chi connectivity index (χ1v) is 11.2. The fraction of sp³-hybridized carbons (Fsp3) is 0.174. The summed E-state index contributed by atoms with van der Waals surface area (Å²) in [5.41, 5.74) is 1.74. The highest BCUT2D eigenvalue weighted by molar-refractivity contribution is 7.89. The SMILES string of the molecule is Cc1ccccc1OCCNC(=O)/C=C/c1ccc(S(=O)(=O)NCc2ccco2)cc1. The van der Waals surface area contributed by atoms with Crippen LogP contribution in [0.25, 0.3) is 6.08 Å². The number of carbonyl (C=O) groups excluding carboxylic acids is 1. The van der Waals surface area contributed by atoms with Gasteiger partial charge in [-0.2, -0.15) is 0 Å². The molecule has 0 saturated carbocycles. The predicted molar refractivity (Wildman–Crippen MR) is 118 cm³/mol. The molecule has 0 radical (unpaired) electrons. The van der Waals surface area contributed by atoms with Gasteiger partial charge in [-0.05, 0) is 54.5 Å². The number of hydrogen-bond donors (Lipinski definition) is 2. The van der Waals surface area contributed by atoms with Crippen LogP contribution in [0.2, 0.25) is 0 Å². The van der Waals surface area contributed by atoms with Crippen molar-refractivity contribution in [1.82, 2.24) is 10.0 Å². The van der Waals surface area contributed by atoms with Crippen molar-refractivity contribution >= 4 is 22.0 Å². The molecular formula is C23H24N2O5S. The largest absolute Gasteiger partial charge is 0.491 e. The summed E-state index contributed by atoms with van der Waals surface area (Å²) in [7, 11) is -3.65. The lowest BCUT2D eigenvalue weighted by atomic mass is 10.2. The zero-order valence-corrected chi connectivity index (χ0v) is 17.9. The van der Waals surface area contributed by atoms with Gasteiger partial charge in [0.2, 0.25) is 15.9 Å². The minimum absolute atomic E-state index is 0.0741. The Morgan fingerprint density at radius 3 is 2.55 bits per heavy atom. The van der Waals surface area contributed by atoms with E-state index in [1.165, 1.54) is 24.5 Å². The molecular weight excluding hydrogens is 416 g/mol. The van der Waals surface area contributed by atoms with E-state index in [0.29, 0.717) is 24.5 Å². The molecule has 1 aromatic heterocycles. The van der Waals surface area contributed by atoms with Crippen molar-refractivity contribution in [2.45, 2.75) is 18.4 Å². The summed E-state index contributed by atoms with van der Waals surface area (Å²) in [6.45, 7) is 2.77. The molecule has 0 fully saturated rings. The first-order chi connectivity index (χ1) is 14.9. The van der Waals surface area contributed by atoms with E-state index in [9.17, 15) is 13.2 Å². The minimum Gasteiger partial charge on any atom is -0.491 e. The lowest BCUT2D eigenvalue weighted by Crippen LogP contribution is -2.26. The molecule has 162 valence electrons. The normalized spacial score (nSPS) is 11.5. The maximum Gasteiger partial charge on any atom is 0.244 e. The van der Waals surface area contributed by atoms with Crippen molar-refractivity contribution in [3.8, 4) is 5.75 Å². The number of furan rings is 1. The molecule has 3 aromatic rings. The lowest BCUT2D eigenvalue weighted by molar-refractivity contribution is -0.116. The molecule has 3 rings (SSSR count). The summed E-state index contributed by atoms with van der Waals surface area (Å²) in [5, 5.41) is 2.74. The molecule has 2 N–H and O–H groups in total. The molecule has 8 heteroatoms. The van der Waals surface area contributed by atoms with E-state index in [4.69, 9.17) is 9.15 Å². The number of amides is 1. The summed E-state index contributed by atoms with van der Waals surface area (Å²) < 4.78 is 37.9. The lowest BCUT2D eigenvalue weighted by Gasteiger charge is -2.08. The van der Waals surface area contributed by atoms with Gasteiger partial charge in [-0.15, -0.1) is 0 Å². The van der Waals surface area contributed by atoms with Crippen molar-refractivity contribution in [2.24, 2.45) is 0 Å². The highest BCUT2D eigenvalue weighted by atomic mass is 32.2. The Bertz CT molecular complexity index is 1120. The number of aryl methyl sites for hydroxylation is 1. The second-order valence-corrected chi connectivity index (χ2v) is 8.48. The van der Waals surface area contributed by atoms with Crippen LogP contribution in [0.1, 0.15) is 16.9 Å². The number of sulfonamides is 1. The number of nitrogens with one attached hydrogen (secondary N) is 2. The third-order valence-electron chi connectivity index (χ3n) is 4.39. The molecule has 2 aromatic carbocycles. The summed E-state index contributed by atoms with van der Waals surface area (Å²) in [5.74, 6) is 1.06. The van der Waals surface area contributed by atoms with E-state index in [2.05, 4.69) is 10.0 Å². The second-order valence-electron chi connectivity index (χ2n) is 6.71. The fourth-order valence-corrected chi connectivity index (χ4v) is 3.70. The van der Waals surface area contributed by atoms with E-state index in [1.807, 2.05) is 31.2 Å². The van der Waals surface area contributed by atoms with E-state index in [0.717, 1.165) is 11.3 Å². The van der Waals surface area contributed by atoms with Gasteiger partial charge in [0.1, 0.15) is 18.1 Å². The van der Waals surface area contributed by atoms with Gasteiger partial charge in [0.15, 0.2) is 0 Å². The fourth-order valence-electron chi connectivity index (χ4n) is 2.71. The van der Waals surface area contributed by atoms with Crippen LogP contribution in [0.15, 0.2) is 82.3 Å². The molecule has 0 unspecified atom stereocenters. The molecule has 0 bridgehead atoms. The number of carbonyl (C=O) groups is 1. The van der Waals surface area contributed by atoms with Crippen LogP contribution < -0.4 is 14.8 Å². The smallest absolute Gasteiger partial charge is 0.244 e. The molecule has 0 spiro atoms. The molecule has 0 aliphatic rings. The zero-order chi connectivity index (χ0) is 22.1. The Morgan fingerprint density at radius 2 is 1.84 bits per heavy atom. The summed E-state index contributed by atoms with van der Waals surface area (Å²) in [6, 6.07) is 17.3. The van der Waals surface area contributed by atoms with Crippen LogP contribution in [0.4, 0.5) is 0 Å². The highest BCUT2D eigenvalue weighted by Gasteiger charge is 2.13. The number of para-hydroxylation sites is 1. The number of hydrogen-bond acceptors (Lipinski definition) is 5. The van der Waals surface area contributed by atoms with E-state index in [1.54, 1.807) is 30.3 Å². The van der Waals surface area contributed by atoms with E-state index in [-0.39, 0.29) is 17.3 Å². The Morgan fingerprint density at radius 1 is 1.06 bits per heavy atom. The van der Waals surface area contributed by atoms with Crippen molar-refractivity contribution in [2.75, 3.05) is 13.2 Å². The maximum absolute atomic E-state index is 12.3. The summed E-state index contributed by atoms with van der Waals surface area (Å²) in [6.07, 6.45) is 4.49. The van der Waals surface area contributed by atoms with Gasteiger partial charge in [-0.25, -0.2) is 13.1 Å². The van der Waals surface area contributed by atoms with Crippen LogP contribution in [-0.2, 0) is 21.4 Å². The van der Waals surface area contributed by atoms with Gasteiger partial charge in [0, 0.05) is 6.08 Å². The molecule has 0 aliphatic heterocycles. The van der Waals surface area contributed by atoms with Crippen molar-refractivity contribution in [3.63, 3.8) is 0 Å². The van der Waals surface area contributed by atoms with Crippen LogP contribution in [0.3, 0.4) is 0 Å². The Balaban J connectivity index is 1.45. The topological polar surface area (TPSA) is 97.6 Å². The van der Waals surface area contributed by atoms with Crippen LogP contribution in [0.5, 0.6) is 5.75 Å². The Hall–Kier alpha value is -3.36. The molecule has 0 saturated heterocycles. The van der Waals surface area contributed by atoms with Crippen molar-refractivity contribution < 1.29 is 22.4 Å². The first kappa shape index (κ1) is 22.3. The number of rotatable bonds is 10. The zero-order valence-electron chi connectivity index (χ0n) is 17.1. The predicted octanol–water partition coefficient (Wildman–Crippen LogP) is 3.27. The Labute approximate surface area is 181 Å². The van der Waals surface area contributed by atoms with Crippen molar-refractivity contribution in [3.05, 3.63) is 89.9 Å². The quantitative estimate of drug-likeness (QED) is 0.372. The van der Waals surface area contributed by atoms with Crippen molar-refractivity contribution in [1.29, 1.82) is 0 Å².